The van der Waals surface area contributed by atoms with Gasteiger partial charge in [-0.15, -0.1) is 0 Å². The van der Waals surface area contributed by atoms with Crippen molar-refractivity contribution in [3.8, 4) is 0 Å². The van der Waals surface area contributed by atoms with Crippen molar-refractivity contribution in [2.75, 3.05) is 0 Å². The Labute approximate surface area is 94.3 Å². The predicted octanol–water partition coefficient (Wildman–Crippen LogP) is 2.02. The molecule has 0 radical (unpaired) electrons. The van der Waals surface area contributed by atoms with Crippen LogP contribution in [-0.4, -0.2) is 10.9 Å². The summed E-state index contributed by atoms with van der Waals surface area (Å²) < 4.78 is 0. The molecule has 1 amide bonds. The summed E-state index contributed by atoms with van der Waals surface area (Å²) in [6.45, 7) is 0. The summed E-state index contributed by atoms with van der Waals surface area (Å²) >= 11 is 0. The Kier molecular flexibility index (Phi) is 3.05. The molecule has 2 aromatic rings. The highest BCUT2D eigenvalue weighted by Crippen LogP contribution is 2.27. The number of rotatable bonds is 4. The summed E-state index contributed by atoms with van der Waals surface area (Å²) in [6.07, 6.45) is 4.09. The zero-order valence-corrected chi connectivity index (χ0v) is 8.89. The standard InChI is InChI=1S/C13H14N2O/c14-13(16)8-12(11-6-7-15-9-11)10-4-2-1-3-5-10/h1-7,9,12,15H,8H2,(H2,14,16). The van der Waals surface area contributed by atoms with E-state index in [-0.39, 0.29) is 11.8 Å². The smallest absolute Gasteiger partial charge is 0.218 e. The Morgan fingerprint density at radius 3 is 2.50 bits per heavy atom. The van der Waals surface area contributed by atoms with E-state index in [1.807, 2.05) is 48.8 Å². The van der Waals surface area contributed by atoms with Crippen molar-refractivity contribution in [3.63, 3.8) is 0 Å². The molecule has 0 fully saturated rings. The van der Waals surface area contributed by atoms with Gasteiger partial charge in [-0.2, -0.15) is 0 Å². The Balaban J connectivity index is 2.32. The van der Waals surface area contributed by atoms with E-state index in [1.165, 1.54) is 0 Å². The minimum absolute atomic E-state index is 0.0462. The van der Waals surface area contributed by atoms with E-state index in [1.54, 1.807) is 0 Å². The second-order valence-corrected chi connectivity index (χ2v) is 3.78. The first kappa shape index (κ1) is 10.5. The summed E-state index contributed by atoms with van der Waals surface area (Å²) in [4.78, 5) is 14.1. The van der Waals surface area contributed by atoms with Gasteiger partial charge in [0.1, 0.15) is 0 Å². The number of aromatic nitrogens is 1. The molecule has 0 saturated carbocycles. The molecule has 16 heavy (non-hydrogen) atoms. The van der Waals surface area contributed by atoms with Crippen LogP contribution in [0.25, 0.3) is 0 Å². The van der Waals surface area contributed by atoms with Gasteiger partial charge in [0.05, 0.1) is 0 Å². The lowest BCUT2D eigenvalue weighted by molar-refractivity contribution is -0.118. The molecule has 0 aliphatic rings. The SMILES string of the molecule is NC(=O)CC(c1ccccc1)c1cc[nH]c1. The summed E-state index contributed by atoms with van der Waals surface area (Å²) in [5.74, 6) is -0.236. The molecule has 1 aromatic carbocycles. The number of carbonyl (C=O) groups is 1. The summed E-state index contributed by atoms with van der Waals surface area (Å²) in [5, 5.41) is 0. The number of H-pyrrole nitrogens is 1. The molecule has 3 nitrogen and oxygen atoms in total. The lowest BCUT2D eigenvalue weighted by Crippen LogP contribution is -2.15. The van der Waals surface area contributed by atoms with Crippen LogP contribution in [0, 0.1) is 0 Å². The molecule has 1 heterocycles. The van der Waals surface area contributed by atoms with Gasteiger partial charge in [-0.05, 0) is 17.2 Å². The normalized spacial score (nSPS) is 12.2. The average Bonchev–Trinajstić information content (AvgIpc) is 2.80. The topological polar surface area (TPSA) is 58.9 Å². The number of benzene rings is 1. The first-order valence-corrected chi connectivity index (χ1v) is 5.23. The van der Waals surface area contributed by atoms with Crippen molar-refractivity contribution >= 4 is 5.91 Å². The third kappa shape index (κ3) is 2.31. The van der Waals surface area contributed by atoms with Crippen LogP contribution in [0.2, 0.25) is 0 Å². The monoisotopic (exact) mass is 214 g/mol. The molecule has 0 aliphatic carbocycles. The van der Waals surface area contributed by atoms with Gasteiger partial charge in [-0.3, -0.25) is 4.79 Å². The van der Waals surface area contributed by atoms with Gasteiger partial charge in [-0.25, -0.2) is 0 Å². The third-order valence-electron chi connectivity index (χ3n) is 2.63. The van der Waals surface area contributed by atoms with Crippen LogP contribution in [-0.2, 0) is 4.79 Å². The number of aromatic amines is 1. The molecule has 3 N–H and O–H groups in total. The molecular weight excluding hydrogens is 200 g/mol. The van der Waals surface area contributed by atoms with Gasteiger partial charge in [0, 0.05) is 24.7 Å². The predicted molar refractivity (Wildman–Crippen MR) is 62.9 cm³/mol. The Hall–Kier alpha value is -2.03. The molecule has 1 unspecified atom stereocenters. The van der Waals surface area contributed by atoms with Crippen molar-refractivity contribution in [2.24, 2.45) is 5.73 Å². The van der Waals surface area contributed by atoms with E-state index >= 15 is 0 Å². The van der Waals surface area contributed by atoms with Crippen LogP contribution >= 0.6 is 0 Å². The number of nitrogens with one attached hydrogen (secondary N) is 1. The molecule has 0 aliphatic heterocycles. The minimum Gasteiger partial charge on any atom is -0.370 e. The number of primary amides is 1. The number of carbonyl (C=O) groups excluding carboxylic acids is 1. The second kappa shape index (κ2) is 4.66. The first-order valence-electron chi connectivity index (χ1n) is 5.23. The van der Waals surface area contributed by atoms with E-state index in [2.05, 4.69) is 4.98 Å². The molecule has 0 bridgehead atoms. The maximum absolute atomic E-state index is 11.1. The maximum atomic E-state index is 11.1. The molecule has 0 spiro atoms. The van der Waals surface area contributed by atoms with E-state index in [9.17, 15) is 4.79 Å². The molecule has 2 rings (SSSR count). The van der Waals surface area contributed by atoms with Crippen LogP contribution in [0.3, 0.4) is 0 Å². The van der Waals surface area contributed by atoms with Crippen LogP contribution < -0.4 is 5.73 Å². The van der Waals surface area contributed by atoms with Crippen molar-refractivity contribution < 1.29 is 4.79 Å². The van der Waals surface area contributed by atoms with Gasteiger partial charge < -0.3 is 10.7 Å². The summed E-state index contributed by atoms with van der Waals surface area (Å²) in [5.41, 5.74) is 7.49. The van der Waals surface area contributed by atoms with Crippen LogP contribution in [0.15, 0.2) is 48.8 Å². The average molecular weight is 214 g/mol. The maximum Gasteiger partial charge on any atom is 0.218 e. The largest absolute Gasteiger partial charge is 0.370 e. The van der Waals surface area contributed by atoms with Gasteiger partial charge in [0.25, 0.3) is 0 Å². The molecular formula is C13H14N2O. The third-order valence-corrected chi connectivity index (χ3v) is 2.63. The highest BCUT2D eigenvalue weighted by molar-refractivity contribution is 5.75. The minimum atomic E-state index is -0.282. The lowest BCUT2D eigenvalue weighted by atomic mass is 9.90. The zero-order chi connectivity index (χ0) is 11.4. The van der Waals surface area contributed by atoms with Crippen molar-refractivity contribution in [2.45, 2.75) is 12.3 Å². The molecule has 1 aromatic heterocycles. The number of hydrogen-bond acceptors (Lipinski definition) is 1. The fraction of sp³-hybridized carbons (Fsp3) is 0.154. The fourth-order valence-electron chi connectivity index (χ4n) is 1.87. The van der Waals surface area contributed by atoms with E-state index in [0.717, 1.165) is 11.1 Å². The quantitative estimate of drug-likeness (QED) is 0.803. The van der Waals surface area contributed by atoms with Crippen LogP contribution in [0.1, 0.15) is 23.5 Å². The Morgan fingerprint density at radius 1 is 1.19 bits per heavy atom. The highest BCUT2D eigenvalue weighted by Gasteiger charge is 2.16. The van der Waals surface area contributed by atoms with E-state index in [0.29, 0.717) is 6.42 Å². The van der Waals surface area contributed by atoms with Crippen LogP contribution in [0.5, 0.6) is 0 Å². The molecule has 82 valence electrons. The molecule has 0 saturated heterocycles. The number of amides is 1. The van der Waals surface area contributed by atoms with Crippen molar-refractivity contribution in [1.82, 2.24) is 4.98 Å². The zero-order valence-electron chi connectivity index (χ0n) is 8.89. The summed E-state index contributed by atoms with van der Waals surface area (Å²) in [6, 6.07) is 11.9. The van der Waals surface area contributed by atoms with Crippen molar-refractivity contribution in [1.29, 1.82) is 0 Å². The van der Waals surface area contributed by atoms with Crippen molar-refractivity contribution in [3.05, 3.63) is 59.9 Å². The highest BCUT2D eigenvalue weighted by atomic mass is 16.1. The molecule has 3 heteroatoms. The number of nitrogens with two attached hydrogens (primary N) is 1. The van der Waals surface area contributed by atoms with E-state index in [4.69, 9.17) is 5.73 Å². The fourth-order valence-corrected chi connectivity index (χ4v) is 1.87. The Bertz CT molecular complexity index is 448. The second-order valence-electron chi connectivity index (χ2n) is 3.78. The van der Waals surface area contributed by atoms with Gasteiger partial charge in [0.15, 0.2) is 0 Å². The molecule has 1 atom stereocenters. The van der Waals surface area contributed by atoms with E-state index < -0.39 is 0 Å². The van der Waals surface area contributed by atoms with Crippen LogP contribution in [0.4, 0.5) is 0 Å². The number of hydrogen-bond donors (Lipinski definition) is 2. The van der Waals surface area contributed by atoms with Gasteiger partial charge in [-0.1, -0.05) is 30.3 Å². The lowest BCUT2D eigenvalue weighted by Gasteiger charge is -2.14. The summed E-state index contributed by atoms with van der Waals surface area (Å²) in [7, 11) is 0. The Morgan fingerprint density at radius 2 is 1.94 bits per heavy atom. The van der Waals surface area contributed by atoms with Gasteiger partial charge in [0.2, 0.25) is 5.91 Å². The first-order chi connectivity index (χ1) is 7.77. The van der Waals surface area contributed by atoms with Gasteiger partial charge >= 0.3 is 0 Å².